The van der Waals surface area contributed by atoms with E-state index in [0.29, 0.717) is 44.2 Å². The lowest BCUT2D eigenvalue weighted by atomic mass is 10.0. The number of ether oxygens (including phenoxy) is 2. The zero-order chi connectivity index (χ0) is 17.4. The number of amides is 1. The van der Waals surface area contributed by atoms with Crippen LogP contribution in [0.4, 0.5) is 0 Å². The molecule has 0 saturated carbocycles. The van der Waals surface area contributed by atoms with Crippen molar-refractivity contribution >= 4 is 21.8 Å². The first-order chi connectivity index (χ1) is 12.0. The molecule has 0 bridgehead atoms. The van der Waals surface area contributed by atoms with Crippen molar-refractivity contribution in [3.8, 4) is 16.9 Å². The largest absolute Gasteiger partial charge is 0.491 e. The van der Waals surface area contributed by atoms with E-state index < -0.39 is 0 Å². The zero-order valence-corrected chi connectivity index (χ0v) is 15.7. The number of hydrogen-bond acceptors (Lipinski definition) is 3. The predicted octanol–water partition coefficient (Wildman–Crippen LogP) is 3.66. The van der Waals surface area contributed by atoms with Gasteiger partial charge in [-0.3, -0.25) is 4.79 Å². The lowest BCUT2D eigenvalue weighted by Crippen LogP contribution is -2.54. The molecule has 2 aliphatic heterocycles. The van der Waals surface area contributed by atoms with E-state index in [9.17, 15) is 4.79 Å². The van der Waals surface area contributed by atoms with Gasteiger partial charge in [0, 0.05) is 6.54 Å². The van der Waals surface area contributed by atoms with Crippen molar-refractivity contribution in [3.05, 3.63) is 53.6 Å². The summed E-state index contributed by atoms with van der Waals surface area (Å²) in [6.45, 7) is 5.05. The maximum atomic E-state index is 13.1. The van der Waals surface area contributed by atoms with E-state index in [1.807, 2.05) is 23.1 Å². The summed E-state index contributed by atoms with van der Waals surface area (Å²) in [7, 11) is 0. The standard InChI is InChI=1S/C20H20BrNO3/c1-14-2-4-15(5-3-14)16-6-7-18-17(10-16)19(23)22(8-9-25-18)11-20(21)12-24-13-20/h2-7,10H,8-9,11-13H2,1H3. The number of nitrogens with zero attached hydrogens (tertiary/aromatic N) is 1. The van der Waals surface area contributed by atoms with Crippen LogP contribution in [0.1, 0.15) is 15.9 Å². The highest BCUT2D eigenvalue weighted by Gasteiger charge is 2.39. The Morgan fingerprint density at radius 3 is 2.52 bits per heavy atom. The number of rotatable bonds is 3. The number of benzene rings is 2. The summed E-state index contributed by atoms with van der Waals surface area (Å²) in [6, 6.07) is 14.2. The molecule has 0 aromatic heterocycles. The number of aryl methyl sites for hydroxylation is 1. The van der Waals surface area contributed by atoms with Gasteiger partial charge in [-0.25, -0.2) is 0 Å². The Morgan fingerprint density at radius 1 is 1.12 bits per heavy atom. The molecule has 130 valence electrons. The topological polar surface area (TPSA) is 38.8 Å². The van der Waals surface area contributed by atoms with Crippen LogP contribution in [0.2, 0.25) is 0 Å². The third-order valence-electron chi connectivity index (χ3n) is 4.70. The second-order valence-electron chi connectivity index (χ2n) is 6.80. The monoisotopic (exact) mass is 401 g/mol. The minimum Gasteiger partial charge on any atom is -0.491 e. The van der Waals surface area contributed by atoms with Crippen LogP contribution in [0.3, 0.4) is 0 Å². The molecule has 0 aliphatic carbocycles. The molecule has 0 radical (unpaired) electrons. The maximum Gasteiger partial charge on any atom is 0.257 e. The first kappa shape index (κ1) is 16.6. The van der Waals surface area contributed by atoms with Crippen LogP contribution in [-0.2, 0) is 4.74 Å². The van der Waals surface area contributed by atoms with Crippen molar-refractivity contribution < 1.29 is 14.3 Å². The Balaban J connectivity index is 1.65. The maximum absolute atomic E-state index is 13.1. The third-order valence-corrected chi connectivity index (χ3v) is 5.41. The molecule has 2 heterocycles. The minimum absolute atomic E-state index is 0.0205. The number of halogens is 1. The van der Waals surface area contributed by atoms with Gasteiger partial charge in [0.15, 0.2) is 0 Å². The second-order valence-corrected chi connectivity index (χ2v) is 8.48. The molecule has 0 N–H and O–H groups in total. The summed E-state index contributed by atoms with van der Waals surface area (Å²) in [5.74, 6) is 0.684. The third kappa shape index (κ3) is 3.31. The van der Waals surface area contributed by atoms with Gasteiger partial charge < -0.3 is 14.4 Å². The number of fused-ring (bicyclic) bond motifs is 1. The van der Waals surface area contributed by atoms with Crippen molar-refractivity contribution in [1.82, 2.24) is 4.90 Å². The van der Waals surface area contributed by atoms with E-state index in [2.05, 4.69) is 47.1 Å². The molecule has 1 fully saturated rings. The van der Waals surface area contributed by atoms with Crippen LogP contribution in [0.25, 0.3) is 11.1 Å². The molecule has 2 aliphatic rings. The van der Waals surface area contributed by atoms with Crippen LogP contribution in [0, 0.1) is 6.92 Å². The van der Waals surface area contributed by atoms with Gasteiger partial charge in [0.2, 0.25) is 0 Å². The van der Waals surface area contributed by atoms with Gasteiger partial charge in [-0.05, 0) is 30.2 Å². The Kier molecular flexibility index (Phi) is 4.29. The van der Waals surface area contributed by atoms with Gasteiger partial charge in [0.1, 0.15) is 12.4 Å². The van der Waals surface area contributed by atoms with Crippen LogP contribution < -0.4 is 4.74 Å². The van der Waals surface area contributed by atoms with E-state index in [1.165, 1.54) is 5.56 Å². The van der Waals surface area contributed by atoms with Crippen LogP contribution in [0.5, 0.6) is 5.75 Å². The smallest absolute Gasteiger partial charge is 0.257 e. The minimum atomic E-state index is -0.123. The van der Waals surface area contributed by atoms with Gasteiger partial charge in [-0.1, -0.05) is 51.8 Å². The van der Waals surface area contributed by atoms with E-state index in [0.717, 1.165) is 11.1 Å². The van der Waals surface area contributed by atoms with Crippen molar-refractivity contribution in [3.63, 3.8) is 0 Å². The summed E-state index contributed by atoms with van der Waals surface area (Å²) in [4.78, 5) is 14.9. The molecule has 25 heavy (non-hydrogen) atoms. The first-order valence-corrected chi connectivity index (χ1v) is 9.23. The fourth-order valence-corrected chi connectivity index (χ4v) is 3.82. The van der Waals surface area contributed by atoms with Gasteiger partial charge in [0.25, 0.3) is 5.91 Å². The SMILES string of the molecule is Cc1ccc(-c2ccc3c(c2)C(=O)N(CC2(Br)COC2)CCO3)cc1. The van der Waals surface area contributed by atoms with Gasteiger partial charge in [-0.2, -0.15) is 0 Å². The fourth-order valence-electron chi connectivity index (χ4n) is 3.19. The molecule has 1 amide bonds. The molecule has 2 aromatic carbocycles. The summed E-state index contributed by atoms with van der Waals surface area (Å²) < 4.78 is 11.0. The van der Waals surface area contributed by atoms with E-state index >= 15 is 0 Å². The molecule has 1 saturated heterocycles. The number of hydrogen-bond donors (Lipinski definition) is 0. The lowest BCUT2D eigenvalue weighted by molar-refractivity contribution is -0.0178. The zero-order valence-electron chi connectivity index (χ0n) is 14.1. The van der Waals surface area contributed by atoms with Gasteiger partial charge in [-0.15, -0.1) is 0 Å². The normalized spacial score (nSPS) is 18.8. The van der Waals surface area contributed by atoms with Crippen molar-refractivity contribution in [2.75, 3.05) is 32.9 Å². The quantitative estimate of drug-likeness (QED) is 0.736. The highest BCUT2D eigenvalue weighted by molar-refractivity contribution is 9.10. The van der Waals surface area contributed by atoms with E-state index in [1.54, 1.807) is 0 Å². The summed E-state index contributed by atoms with van der Waals surface area (Å²) in [6.07, 6.45) is 0. The summed E-state index contributed by atoms with van der Waals surface area (Å²) >= 11 is 3.69. The summed E-state index contributed by atoms with van der Waals surface area (Å²) in [5.41, 5.74) is 3.97. The molecule has 0 atom stereocenters. The molecular formula is C20H20BrNO3. The Hall–Kier alpha value is -1.85. The van der Waals surface area contributed by atoms with E-state index in [4.69, 9.17) is 9.47 Å². The molecule has 4 nitrogen and oxygen atoms in total. The Bertz CT molecular complexity index is 799. The van der Waals surface area contributed by atoms with E-state index in [-0.39, 0.29) is 10.2 Å². The Morgan fingerprint density at radius 2 is 1.84 bits per heavy atom. The number of carbonyl (C=O) groups excluding carboxylic acids is 1. The number of carbonyl (C=O) groups is 1. The number of alkyl halides is 1. The molecule has 4 rings (SSSR count). The molecule has 5 heteroatoms. The van der Waals surface area contributed by atoms with Crippen LogP contribution in [0.15, 0.2) is 42.5 Å². The van der Waals surface area contributed by atoms with Crippen LogP contribution in [-0.4, -0.2) is 48.0 Å². The summed E-state index contributed by atoms with van der Waals surface area (Å²) in [5, 5.41) is 0. The molecule has 0 spiro atoms. The predicted molar refractivity (Wildman–Crippen MR) is 100 cm³/mol. The van der Waals surface area contributed by atoms with Crippen molar-refractivity contribution in [2.45, 2.75) is 11.2 Å². The van der Waals surface area contributed by atoms with Gasteiger partial charge in [0.05, 0.1) is 29.6 Å². The van der Waals surface area contributed by atoms with Gasteiger partial charge >= 0.3 is 0 Å². The average molecular weight is 402 g/mol. The lowest BCUT2D eigenvalue weighted by Gasteiger charge is -2.39. The molecular weight excluding hydrogens is 382 g/mol. The average Bonchev–Trinajstić information content (AvgIpc) is 2.74. The molecule has 0 unspecified atom stereocenters. The van der Waals surface area contributed by atoms with Crippen LogP contribution >= 0.6 is 15.9 Å². The molecule has 2 aromatic rings. The fraction of sp³-hybridized carbons (Fsp3) is 0.350. The first-order valence-electron chi connectivity index (χ1n) is 8.44. The second kappa shape index (κ2) is 6.46. The highest BCUT2D eigenvalue weighted by Crippen LogP contribution is 2.33. The Labute approximate surface area is 155 Å². The van der Waals surface area contributed by atoms with Crippen molar-refractivity contribution in [2.24, 2.45) is 0 Å². The van der Waals surface area contributed by atoms with Crippen molar-refractivity contribution in [1.29, 1.82) is 0 Å². The highest BCUT2D eigenvalue weighted by atomic mass is 79.9.